The largest absolute Gasteiger partial charge is 0.481 e. The molecule has 2 rings (SSSR count). The summed E-state index contributed by atoms with van der Waals surface area (Å²) in [7, 11) is 0. The molecular weight excluding hydrogens is 238 g/mol. The Balaban J connectivity index is 1.81. The zero-order valence-corrected chi connectivity index (χ0v) is 11.6. The van der Waals surface area contributed by atoms with Crippen LogP contribution in [0.3, 0.4) is 0 Å². The Bertz CT molecular complexity index is 400. The summed E-state index contributed by atoms with van der Waals surface area (Å²) < 4.78 is 0. The normalized spacial score (nSPS) is 16.5. The highest BCUT2D eigenvalue weighted by Crippen LogP contribution is 2.29. The first-order chi connectivity index (χ1) is 9.16. The van der Waals surface area contributed by atoms with E-state index in [0.717, 1.165) is 12.8 Å². The number of carbonyl (C=O) groups is 1. The third-order valence-corrected chi connectivity index (χ3v) is 3.86. The van der Waals surface area contributed by atoms with E-state index >= 15 is 0 Å². The van der Waals surface area contributed by atoms with Crippen LogP contribution in [-0.4, -0.2) is 34.6 Å². The van der Waals surface area contributed by atoms with Gasteiger partial charge in [0.2, 0.25) is 0 Å². The van der Waals surface area contributed by atoms with Crippen LogP contribution < -0.4 is 0 Å². The second kappa shape index (κ2) is 6.71. The minimum Gasteiger partial charge on any atom is -0.481 e. The van der Waals surface area contributed by atoms with Crippen LogP contribution in [0, 0.1) is 0 Å². The Kier molecular flexibility index (Phi) is 4.97. The molecule has 0 aromatic heterocycles. The van der Waals surface area contributed by atoms with Gasteiger partial charge in [-0.1, -0.05) is 30.3 Å². The Morgan fingerprint density at radius 1 is 1.37 bits per heavy atom. The zero-order valence-electron chi connectivity index (χ0n) is 11.6. The molecule has 0 spiro atoms. The van der Waals surface area contributed by atoms with Crippen molar-refractivity contribution >= 4 is 5.97 Å². The van der Waals surface area contributed by atoms with Crippen LogP contribution in [0.2, 0.25) is 0 Å². The Morgan fingerprint density at radius 2 is 2.05 bits per heavy atom. The summed E-state index contributed by atoms with van der Waals surface area (Å²) in [6.07, 6.45) is 4.88. The molecule has 0 aliphatic heterocycles. The lowest BCUT2D eigenvalue weighted by Gasteiger charge is -2.28. The number of rotatable bonds is 8. The van der Waals surface area contributed by atoms with Gasteiger partial charge in [-0.2, -0.15) is 0 Å². The number of hydrogen-bond acceptors (Lipinski definition) is 2. The fourth-order valence-electron chi connectivity index (χ4n) is 2.58. The van der Waals surface area contributed by atoms with E-state index in [1.807, 2.05) is 6.07 Å². The number of aliphatic carboxylic acids is 1. The molecule has 1 N–H and O–H groups in total. The van der Waals surface area contributed by atoms with E-state index in [2.05, 4.69) is 36.1 Å². The molecule has 3 nitrogen and oxygen atoms in total. The topological polar surface area (TPSA) is 40.5 Å². The van der Waals surface area contributed by atoms with Gasteiger partial charge in [0, 0.05) is 18.6 Å². The van der Waals surface area contributed by atoms with Crippen molar-refractivity contribution in [3.8, 4) is 0 Å². The lowest BCUT2D eigenvalue weighted by Crippen LogP contribution is -2.37. The predicted molar refractivity (Wildman–Crippen MR) is 76.2 cm³/mol. The molecule has 1 atom stereocenters. The van der Waals surface area contributed by atoms with Gasteiger partial charge in [-0.3, -0.25) is 9.69 Å². The highest BCUT2D eigenvalue weighted by atomic mass is 16.4. The van der Waals surface area contributed by atoms with Crippen molar-refractivity contribution < 1.29 is 9.90 Å². The SMILES string of the molecule is CC(CCc1ccccc1)N(CCC(=O)O)C1CC1. The van der Waals surface area contributed by atoms with Crippen LogP contribution in [-0.2, 0) is 11.2 Å². The Morgan fingerprint density at radius 3 is 2.63 bits per heavy atom. The first-order valence-electron chi connectivity index (χ1n) is 7.18. The van der Waals surface area contributed by atoms with E-state index in [1.54, 1.807) is 0 Å². The molecule has 1 fully saturated rings. The van der Waals surface area contributed by atoms with Crippen molar-refractivity contribution in [2.24, 2.45) is 0 Å². The fourth-order valence-corrected chi connectivity index (χ4v) is 2.58. The molecule has 0 heterocycles. The van der Waals surface area contributed by atoms with Crippen LogP contribution in [0.5, 0.6) is 0 Å². The maximum Gasteiger partial charge on any atom is 0.304 e. The van der Waals surface area contributed by atoms with Gasteiger partial charge in [0.15, 0.2) is 0 Å². The van der Waals surface area contributed by atoms with Crippen molar-refractivity contribution in [1.29, 1.82) is 0 Å². The number of hydrogen-bond donors (Lipinski definition) is 1. The van der Waals surface area contributed by atoms with Gasteiger partial charge < -0.3 is 5.11 Å². The van der Waals surface area contributed by atoms with Gasteiger partial charge in [0.25, 0.3) is 0 Å². The van der Waals surface area contributed by atoms with Crippen LogP contribution in [0.25, 0.3) is 0 Å². The van der Waals surface area contributed by atoms with E-state index in [-0.39, 0.29) is 6.42 Å². The van der Waals surface area contributed by atoms with Gasteiger partial charge in [-0.15, -0.1) is 0 Å². The number of nitrogens with zero attached hydrogens (tertiary/aromatic N) is 1. The van der Waals surface area contributed by atoms with E-state index < -0.39 is 5.97 Å². The summed E-state index contributed by atoms with van der Waals surface area (Å²) in [6.45, 7) is 2.92. The molecule has 0 saturated heterocycles. The summed E-state index contributed by atoms with van der Waals surface area (Å²) >= 11 is 0. The molecule has 1 unspecified atom stereocenters. The second-order valence-corrected chi connectivity index (χ2v) is 5.49. The van der Waals surface area contributed by atoms with Gasteiger partial charge in [-0.25, -0.2) is 0 Å². The van der Waals surface area contributed by atoms with Gasteiger partial charge in [0.05, 0.1) is 6.42 Å². The first-order valence-corrected chi connectivity index (χ1v) is 7.18. The Labute approximate surface area is 115 Å². The summed E-state index contributed by atoms with van der Waals surface area (Å²) in [5, 5.41) is 8.83. The average molecular weight is 261 g/mol. The molecule has 0 radical (unpaired) electrons. The number of benzene rings is 1. The quantitative estimate of drug-likeness (QED) is 0.782. The number of carboxylic acid groups (broad SMARTS) is 1. The highest BCUT2D eigenvalue weighted by Gasteiger charge is 2.31. The molecular formula is C16H23NO2. The third-order valence-electron chi connectivity index (χ3n) is 3.86. The number of carboxylic acids is 1. The molecule has 19 heavy (non-hydrogen) atoms. The van der Waals surface area contributed by atoms with Crippen LogP contribution in [0.4, 0.5) is 0 Å². The molecule has 1 aliphatic rings. The molecule has 1 aromatic rings. The number of aryl methyl sites for hydroxylation is 1. The molecule has 0 bridgehead atoms. The third kappa shape index (κ3) is 4.67. The Hall–Kier alpha value is -1.35. The van der Waals surface area contributed by atoms with E-state index in [9.17, 15) is 4.79 Å². The molecule has 3 heteroatoms. The summed E-state index contributed by atoms with van der Waals surface area (Å²) in [5.74, 6) is -0.694. The molecule has 1 saturated carbocycles. The monoisotopic (exact) mass is 261 g/mol. The minimum absolute atomic E-state index is 0.256. The predicted octanol–water partition coefficient (Wildman–Crippen LogP) is 2.95. The van der Waals surface area contributed by atoms with Crippen molar-refractivity contribution in [2.75, 3.05) is 6.54 Å². The summed E-state index contributed by atoms with van der Waals surface area (Å²) in [4.78, 5) is 13.1. The minimum atomic E-state index is -0.694. The van der Waals surface area contributed by atoms with Crippen LogP contribution in [0.15, 0.2) is 30.3 Å². The van der Waals surface area contributed by atoms with E-state index in [1.165, 1.54) is 18.4 Å². The molecule has 0 amide bonds. The standard InChI is InChI=1S/C16H23NO2/c1-13(7-8-14-5-3-2-4-6-14)17(15-9-10-15)12-11-16(18)19/h2-6,13,15H,7-12H2,1H3,(H,18,19). The van der Waals surface area contributed by atoms with Gasteiger partial charge in [0.1, 0.15) is 0 Å². The van der Waals surface area contributed by atoms with Crippen molar-refractivity contribution in [1.82, 2.24) is 4.90 Å². The highest BCUT2D eigenvalue weighted by molar-refractivity contribution is 5.66. The smallest absolute Gasteiger partial charge is 0.304 e. The fraction of sp³-hybridized carbons (Fsp3) is 0.562. The lowest BCUT2D eigenvalue weighted by molar-refractivity contribution is -0.137. The maximum atomic E-state index is 10.7. The lowest BCUT2D eigenvalue weighted by atomic mass is 10.0. The second-order valence-electron chi connectivity index (χ2n) is 5.49. The first kappa shape index (κ1) is 14.1. The van der Waals surface area contributed by atoms with Crippen LogP contribution in [0.1, 0.15) is 38.2 Å². The summed E-state index contributed by atoms with van der Waals surface area (Å²) in [6, 6.07) is 11.6. The molecule has 1 aliphatic carbocycles. The van der Waals surface area contributed by atoms with E-state index in [4.69, 9.17) is 5.11 Å². The van der Waals surface area contributed by atoms with Crippen LogP contribution >= 0.6 is 0 Å². The van der Waals surface area contributed by atoms with Crippen molar-refractivity contribution in [3.05, 3.63) is 35.9 Å². The zero-order chi connectivity index (χ0) is 13.7. The van der Waals surface area contributed by atoms with Gasteiger partial charge in [-0.05, 0) is 38.2 Å². The molecule has 1 aromatic carbocycles. The van der Waals surface area contributed by atoms with Gasteiger partial charge >= 0.3 is 5.97 Å². The summed E-state index contributed by atoms with van der Waals surface area (Å²) in [5.41, 5.74) is 1.36. The average Bonchev–Trinajstić information content (AvgIpc) is 3.22. The maximum absolute atomic E-state index is 10.7. The van der Waals surface area contributed by atoms with Crippen molar-refractivity contribution in [2.45, 2.75) is 51.1 Å². The molecule has 104 valence electrons. The van der Waals surface area contributed by atoms with Crippen molar-refractivity contribution in [3.63, 3.8) is 0 Å². The van der Waals surface area contributed by atoms with E-state index in [0.29, 0.717) is 18.6 Å².